The van der Waals surface area contributed by atoms with Crippen molar-refractivity contribution in [1.82, 2.24) is 4.90 Å². The molecule has 5 nitrogen and oxygen atoms in total. The average Bonchev–Trinajstić information content (AvgIpc) is 2.47. The monoisotopic (exact) mass is 327 g/mol. The maximum Gasteiger partial charge on any atom is 0.303 e. The van der Waals surface area contributed by atoms with Crippen LogP contribution in [0.4, 0.5) is 0 Å². The van der Waals surface area contributed by atoms with Gasteiger partial charge in [0.1, 0.15) is 5.75 Å². The molecule has 0 aliphatic carbocycles. The first-order valence-corrected chi connectivity index (χ1v) is 7.71. The van der Waals surface area contributed by atoms with Crippen molar-refractivity contribution in [2.24, 2.45) is 0 Å². The maximum atomic E-state index is 11.8. The Bertz CT molecular complexity index is 493. The smallest absolute Gasteiger partial charge is 0.303 e. The Hall–Kier alpha value is -1.75. The number of rotatable bonds is 10. The molecule has 0 unspecified atom stereocenters. The molecule has 0 saturated carbocycles. The summed E-state index contributed by atoms with van der Waals surface area (Å²) in [6.07, 6.45) is 2.37. The summed E-state index contributed by atoms with van der Waals surface area (Å²) >= 11 is 5.86. The highest BCUT2D eigenvalue weighted by molar-refractivity contribution is 6.30. The second kappa shape index (κ2) is 10.1. The van der Waals surface area contributed by atoms with Gasteiger partial charge in [-0.25, -0.2) is 0 Å². The van der Waals surface area contributed by atoms with Crippen molar-refractivity contribution in [3.8, 4) is 5.75 Å². The first kappa shape index (κ1) is 18.3. The fraction of sp³-hybridized carbons (Fsp3) is 0.500. The van der Waals surface area contributed by atoms with E-state index in [1.807, 2.05) is 12.1 Å². The minimum atomic E-state index is -0.820. The van der Waals surface area contributed by atoms with Crippen LogP contribution in [0.15, 0.2) is 24.3 Å². The quantitative estimate of drug-likeness (QED) is 0.670. The number of nitrogens with zero attached hydrogens (tertiary/aromatic N) is 1. The number of carbonyl (C=O) groups excluding carboxylic acids is 1. The second-order valence-corrected chi connectivity index (χ2v) is 5.51. The summed E-state index contributed by atoms with van der Waals surface area (Å²) in [5, 5.41) is 9.16. The molecule has 1 aromatic rings. The van der Waals surface area contributed by atoms with Crippen molar-refractivity contribution < 1.29 is 19.4 Å². The van der Waals surface area contributed by atoms with E-state index in [-0.39, 0.29) is 12.3 Å². The predicted octanol–water partition coefficient (Wildman–Crippen LogP) is 3.21. The number of amides is 1. The summed E-state index contributed by atoms with van der Waals surface area (Å²) in [4.78, 5) is 23.8. The lowest BCUT2D eigenvalue weighted by Gasteiger charge is -2.17. The number of hydrogen-bond acceptors (Lipinski definition) is 3. The number of aliphatic carboxylic acids is 1. The zero-order chi connectivity index (χ0) is 16.4. The SMILES string of the molecule is CN(CCCOc1cccc(Cl)c1)C(=O)CCCCC(=O)O. The van der Waals surface area contributed by atoms with Gasteiger partial charge in [-0.3, -0.25) is 9.59 Å². The summed E-state index contributed by atoms with van der Waals surface area (Å²) in [7, 11) is 1.75. The van der Waals surface area contributed by atoms with E-state index in [1.54, 1.807) is 24.1 Å². The first-order valence-electron chi connectivity index (χ1n) is 7.33. The molecule has 0 atom stereocenters. The summed E-state index contributed by atoms with van der Waals surface area (Å²) in [6.45, 7) is 1.12. The van der Waals surface area contributed by atoms with Crippen LogP contribution in [-0.2, 0) is 9.59 Å². The van der Waals surface area contributed by atoms with Gasteiger partial charge in [0.15, 0.2) is 0 Å². The zero-order valence-electron chi connectivity index (χ0n) is 12.8. The van der Waals surface area contributed by atoms with E-state index < -0.39 is 5.97 Å². The van der Waals surface area contributed by atoms with Gasteiger partial charge < -0.3 is 14.7 Å². The molecule has 1 rings (SSSR count). The van der Waals surface area contributed by atoms with E-state index in [1.165, 1.54) is 0 Å². The van der Waals surface area contributed by atoms with Gasteiger partial charge in [0.2, 0.25) is 5.91 Å². The highest BCUT2D eigenvalue weighted by Gasteiger charge is 2.08. The largest absolute Gasteiger partial charge is 0.493 e. The lowest BCUT2D eigenvalue weighted by molar-refractivity contribution is -0.137. The minimum Gasteiger partial charge on any atom is -0.493 e. The van der Waals surface area contributed by atoms with Crippen LogP contribution in [0.5, 0.6) is 5.75 Å². The van der Waals surface area contributed by atoms with Crippen molar-refractivity contribution in [3.63, 3.8) is 0 Å². The molecule has 0 heterocycles. The third-order valence-corrected chi connectivity index (χ3v) is 3.39. The Morgan fingerprint density at radius 3 is 2.64 bits per heavy atom. The standard InChI is InChI=1S/C16H22ClNO4/c1-18(15(19)8-2-3-9-16(20)21)10-5-11-22-14-7-4-6-13(17)12-14/h4,6-7,12H,2-3,5,8-11H2,1H3,(H,20,21). The van der Waals surface area contributed by atoms with Crippen molar-refractivity contribution in [3.05, 3.63) is 29.3 Å². The summed E-state index contributed by atoms with van der Waals surface area (Å²) in [5.41, 5.74) is 0. The summed E-state index contributed by atoms with van der Waals surface area (Å²) in [6, 6.07) is 7.19. The first-order chi connectivity index (χ1) is 10.5. The maximum absolute atomic E-state index is 11.8. The lowest BCUT2D eigenvalue weighted by atomic mass is 10.2. The normalized spacial score (nSPS) is 10.3. The van der Waals surface area contributed by atoms with Crippen molar-refractivity contribution in [2.45, 2.75) is 32.1 Å². The summed E-state index contributed by atoms with van der Waals surface area (Å²) in [5.74, 6) is -0.0673. The van der Waals surface area contributed by atoms with Gasteiger partial charge in [-0.15, -0.1) is 0 Å². The number of carboxylic acids is 1. The van der Waals surface area contributed by atoms with Crippen molar-refractivity contribution in [1.29, 1.82) is 0 Å². The molecule has 0 aliphatic heterocycles. The molecular formula is C16H22ClNO4. The molecule has 0 fully saturated rings. The zero-order valence-corrected chi connectivity index (χ0v) is 13.5. The van der Waals surface area contributed by atoms with Crippen LogP contribution in [0, 0.1) is 0 Å². The van der Waals surface area contributed by atoms with Crippen molar-refractivity contribution in [2.75, 3.05) is 20.2 Å². The number of benzene rings is 1. The molecule has 122 valence electrons. The Labute approximate surface area is 135 Å². The minimum absolute atomic E-state index is 0.0353. The van der Waals surface area contributed by atoms with Gasteiger partial charge in [-0.05, 0) is 37.5 Å². The molecule has 0 bridgehead atoms. The molecule has 6 heteroatoms. The van der Waals surface area contributed by atoms with Gasteiger partial charge >= 0.3 is 5.97 Å². The van der Waals surface area contributed by atoms with E-state index >= 15 is 0 Å². The van der Waals surface area contributed by atoms with Gasteiger partial charge in [0, 0.05) is 31.5 Å². The molecule has 1 amide bonds. The molecule has 1 aromatic carbocycles. The fourth-order valence-electron chi connectivity index (χ4n) is 1.92. The highest BCUT2D eigenvalue weighted by atomic mass is 35.5. The van der Waals surface area contributed by atoms with Crippen molar-refractivity contribution >= 4 is 23.5 Å². The molecule has 22 heavy (non-hydrogen) atoms. The third kappa shape index (κ3) is 7.88. The van der Waals surface area contributed by atoms with Gasteiger partial charge in [0.05, 0.1) is 6.61 Å². The molecule has 1 N–H and O–H groups in total. The lowest BCUT2D eigenvalue weighted by Crippen LogP contribution is -2.28. The predicted molar refractivity (Wildman–Crippen MR) is 85.3 cm³/mol. The van der Waals surface area contributed by atoms with Gasteiger partial charge in [0.25, 0.3) is 0 Å². The van der Waals surface area contributed by atoms with E-state index in [2.05, 4.69) is 0 Å². The van der Waals surface area contributed by atoms with Crippen LogP contribution in [0.3, 0.4) is 0 Å². The van der Waals surface area contributed by atoms with Gasteiger partial charge in [-0.1, -0.05) is 17.7 Å². The van der Waals surface area contributed by atoms with Crippen LogP contribution in [0.1, 0.15) is 32.1 Å². The number of carbonyl (C=O) groups is 2. The molecule has 0 aromatic heterocycles. The molecule has 0 saturated heterocycles. The highest BCUT2D eigenvalue weighted by Crippen LogP contribution is 2.17. The Morgan fingerprint density at radius 1 is 1.23 bits per heavy atom. The van der Waals surface area contributed by atoms with E-state index in [0.717, 1.165) is 12.2 Å². The third-order valence-electron chi connectivity index (χ3n) is 3.16. The Kier molecular flexibility index (Phi) is 8.36. The van der Waals surface area contributed by atoms with Gasteiger partial charge in [-0.2, -0.15) is 0 Å². The topological polar surface area (TPSA) is 66.8 Å². The van der Waals surface area contributed by atoms with E-state index in [9.17, 15) is 9.59 Å². The van der Waals surface area contributed by atoms with Crippen LogP contribution in [0.2, 0.25) is 5.02 Å². The molecular weight excluding hydrogens is 306 g/mol. The van der Waals surface area contributed by atoms with E-state index in [0.29, 0.717) is 37.4 Å². The molecule has 0 radical (unpaired) electrons. The Balaban J connectivity index is 2.13. The van der Waals surface area contributed by atoms with Crippen LogP contribution >= 0.6 is 11.6 Å². The number of carboxylic acid groups (broad SMARTS) is 1. The summed E-state index contributed by atoms with van der Waals surface area (Å²) < 4.78 is 5.55. The molecule has 0 spiro atoms. The van der Waals surface area contributed by atoms with E-state index in [4.69, 9.17) is 21.4 Å². The van der Waals surface area contributed by atoms with Crippen LogP contribution in [-0.4, -0.2) is 42.1 Å². The van der Waals surface area contributed by atoms with Crippen LogP contribution < -0.4 is 4.74 Å². The fourth-order valence-corrected chi connectivity index (χ4v) is 2.10. The second-order valence-electron chi connectivity index (χ2n) is 5.08. The number of hydrogen-bond donors (Lipinski definition) is 1. The molecule has 0 aliphatic rings. The average molecular weight is 328 g/mol. The number of ether oxygens (including phenoxy) is 1. The van der Waals surface area contributed by atoms with Crippen LogP contribution in [0.25, 0.3) is 0 Å². The number of halogens is 1. The Morgan fingerprint density at radius 2 is 1.95 bits per heavy atom. The number of unbranched alkanes of at least 4 members (excludes halogenated alkanes) is 1.